The van der Waals surface area contributed by atoms with Crippen molar-refractivity contribution in [2.45, 2.75) is 20.0 Å². The maximum Gasteiger partial charge on any atom is 0.338 e. The summed E-state index contributed by atoms with van der Waals surface area (Å²) in [4.78, 5) is 13.8. The van der Waals surface area contributed by atoms with E-state index in [1.54, 1.807) is 6.07 Å². The molecule has 1 atom stereocenters. The van der Waals surface area contributed by atoms with Crippen molar-refractivity contribution in [3.63, 3.8) is 0 Å². The average molecular weight is 221 g/mol. The van der Waals surface area contributed by atoms with Crippen molar-refractivity contribution in [2.75, 3.05) is 20.6 Å². The highest BCUT2D eigenvalue weighted by atomic mass is 16.5. The number of esters is 1. The molecule has 0 aliphatic carbocycles. The normalized spacial score (nSPS) is 12.6. The smallest absolute Gasteiger partial charge is 0.338 e. The monoisotopic (exact) mass is 221 g/mol. The SMILES string of the molecule is Cc1ccccc1C(=O)O[C@H](C)CN(C)C. The van der Waals surface area contributed by atoms with E-state index in [1.165, 1.54) is 0 Å². The summed E-state index contributed by atoms with van der Waals surface area (Å²) in [5, 5.41) is 0. The molecule has 0 spiro atoms. The van der Waals surface area contributed by atoms with Crippen LogP contribution in [0.1, 0.15) is 22.8 Å². The molecule has 0 aliphatic heterocycles. The summed E-state index contributed by atoms with van der Waals surface area (Å²) < 4.78 is 5.35. The standard InChI is InChI=1S/C13H19NO2/c1-10-7-5-6-8-12(10)13(15)16-11(2)9-14(3)4/h5-8,11H,9H2,1-4H3/t11-/m1/s1. The number of rotatable bonds is 4. The van der Waals surface area contributed by atoms with E-state index in [0.717, 1.165) is 12.1 Å². The van der Waals surface area contributed by atoms with Crippen molar-refractivity contribution in [1.82, 2.24) is 4.90 Å². The Morgan fingerprint density at radius 2 is 2.00 bits per heavy atom. The minimum atomic E-state index is -0.243. The van der Waals surface area contributed by atoms with Crippen LogP contribution in [0.15, 0.2) is 24.3 Å². The lowest BCUT2D eigenvalue weighted by atomic mass is 10.1. The lowest BCUT2D eigenvalue weighted by molar-refractivity contribution is 0.0288. The minimum Gasteiger partial charge on any atom is -0.458 e. The first-order chi connectivity index (χ1) is 7.50. The van der Waals surface area contributed by atoms with Gasteiger partial charge in [-0.05, 0) is 39.6 Å². The number of aryl methyl sites for hydroxylation is 1. The van der Waals surface area contributed by atoms with E-state index in [2.05, 4.69) is 0 Å². The molecule has 88 valence electrons. The van der Waals surface area contributed by atoms with Gasteiger partial charge in [-0.25, -0.2) is 4.79 Å². The third-order valence-electron chi connectivity index (χ3n) is 2.30. The number of hydrogen-bond donors (Lipinski definition) is 0. The van der Waals surface area contributed by atoms with Crippen LogP contribution in [0.2, 0.25) is 0 Å². The maximum absolute atomic E-state index is 11.8. The molecular formula is C13H19NO2. The molecule has 0 aliphatic rings. The van der Waals surface area contributed by atoms with E-state index >= 15 is 0 Å². The second-order valence-corrected chi connectivity index (χ2v) is 4.29. The second kappa shape index (κ2) is 5.66. The van der Waals surface area contributed by atoms with Crippen LogP contribution in [0, 0.1) is 6.92 Å². The van der Waals surface area contributed by atoms with Gasteiger partial charge in [-0.3, -0.25) is 0 Å². The van der Waals surface area contributed by atoms with Crippen LogP contribution in [0.4, 0.5) is 0 Å². The molecule has 0 radical (unpaired) electrons. The highest BCUT2D eigenvalue weighted by molar-refractivity contribution is 5.91. The van der Waals surface area contributed by atoms with Crippen LogP contribution in [0.5, 0.6) is 0 Å². The van der Waals surface area contributed by atoms with Crippen LogP contribution in [0.25, 0.3) is 0 Å². The van der Waals surface area contributed by atoms with E-state index in [4.69, 9.17) is 4.74 Å². The molecule has 3 nitrogen and oxygen atoms in total. The number of ether oxygens (including phenoxy) is 1. The van der Waals surface area contributed by atoms with Gasteiger partial charge in [-0.15, -0.1) is 0 Å². The Morgan fingerprint density at radius 1 is 1.38 bits per heavy atom. The van der Waals surface area contributed by atoms with Gasteiger partial charge in [-0.1, -0.05) is 18.2 Å². The molecule has 3 heteroatoms. The van der Waals surface area contributed by atoms with Crippen molar-refractivity contribution < 1.29 is 9.53 Å². The predicted octanol–water partition coefficient (Wildman–Crippen LogP) is 2.10. The van der Waals surface area contributed by atoms with Crippen molar-refractivity contribution in [3.05, 3.63) is 35.4 Å². The van der Waals surface area contributed by atoms with Crippen LogP contribution < -0.4 is 0 Å². The van der Waals surface area contributed by atoms with Crippen LogP contribution in [-0.4, -0.2) is 37.6 Å². The number of nitrogens with zero attached hydrogens (tertiary/aromatic N) is 1. The number of likely N-dealkylation sites (N-methyl/N-ethyl adjacent to an activating group) is 1. The van der Waals surface area contributed by atoms with Gasteiger partial charge in [0.05, 0.1) is 5.56 Å². The molecule has 0 saturated heterocycles. The van der Waals surface area contributed by atoms with E-state index < -0.39 is 0 Å². The first-order valence-corrected chi connectivity index (χ1v) is 5.42. The fourth-order valence-electron chi connectivity index (χ4n) is 1.60. The zero-order valence-corrected chi connectivity index (χ0v) is 10.4. The third-order valence-corrected chi connectivity index (χ3v) is 2.30. The van der Waals surface area contributed by atoms with Crippen LogP contribution in [0.3, 0.4) is 0 Å². The molecule has 0 unspecified atom stereocenters. The lowest BCUT2D eigenvalue weighted by Gasteiger charge is -2.17. The molecule has 0 N–H and O–H groups in total. The average Bonchev–Trinajstić information content (AvgIpc) is 2.16. The Kier molecular flexibility index (Phi) is 4.50. The molecule has 0 amide bonds. The molecule has 0 aromatic heterocycles. The van der Waals surface area contributed by atoms with Gasteiger partial charge in [0, 0.05) is 6.54 Å². The predicted molar refractivity (Wildman–Crippen MR) is 64.6 cm³/mol. The van der Waals surface area contributed by atoms with Crippen molar-refractivity contribution in [2.24, 2.45) is 0 Å². The quantitative estimate of drug-likeness (QED) is 0.729. The summed E-state index contributed by atoms with van der Waals surface area (Å²) in [5.74, 6) is -0.243. The highest BCUT2D eigenvalue weighted by Crippen LogP contribution is 2.10. The minimum absolute atomic E-state index is 0.0953. The summed E-state index contributed by atoms with van der Waals surface area (Å²) in [7, 11) is 3.91. The van der Waals surface area contributed by atoms with Gasteiger partial charge in [0.15, 0.2) is 0 Å². The first-order valence-electron chi connectivity index (χ1n) is 5.42. The summed E-state index contributed by atoms with van der Waals surface area (Å²) >= 11 is 0. The number of hydrogen-bond acceptors (Lipinski definition) is 3. The first kappa shape index (κ1) is 12.7. The fraction of sp³-hybridized carbons (Fsp3) is 0.462. The largest absolute Gasteiger partial charge is 0.458 e. The molecule has 0 bridgehead atoms. The van der Waals surface area contributed by atoms with Gasteiger partial charge in [0.2, 0.25) is 0 Å². The molecule has 16 heavy (non-hydrogen) atoms. The van der Waals surface area contributed by atoms with E-state index in [9.17, 15) is 4.79 Å². The van der Waals surface area contributed by atoms with Crippen LogP contribution in [-0.2, 0) is 4.74 Å². The van der Waals surface area contributed by atoms with E-state index in [0.29, 0.717) is 5.56 Å². The Bertz CT molecular complexity index is 361. The van der Waals surface area contributed by atoms with Gasteiger partial charge in [-0.2, -0.15) is 0 Å². The molecular weight excluding hydrogens is 202 g/mol. The molecule has 0 heterocycles. The molecule has 1 aromatic carbocycles. The number of benzene rings is 1. The fourth-order valence-corrected chi connectivity index (χ4v) is 1.60. The summed E-state index contributed by atoms with van der Waals surface area (Å²) in [6, 6.07) is 7.46. The van der Waals surface area contributed by atoms with Gasteiger partial charge < -0.3 is 9.64 Å². The third kappa shape index (κ3) is 3.66. The van der Waals surface area contributed by atoms with Gasteiger partial charge in [0.25, 0.3) is 0 Å². The number of carbonyl (C=O) groups excluding carboxylic acids is 1. The lowest BCUT2D eigenvalue weighted by Crippen LogP contribution is -2.28. The molecule has 0 saturated carbocycles. The maximum atomic E-state index is 11.8. The second-order valence-electron chi connectivity index (χ2n) is 4.29. The summed E-state index contributed by atoms with van der Waals surface area (Å²) in [6.07, 6.45) is -0.0953. The summed E-state index contributed by atoms with van der Waals surface area (Å²) in [5.41, 5.74) is 1.60. The van der Waals surface area contributed by atoms with Crippen molar-refractivity contribution in [3.8, 4) is 0 Å². The Balaban J connectivity index is 2.63. The molecule has 1 aromatic rings. The Morgan fingerprint density at radius 3 is 2.56 bits per heavy atom. The van der Waals surface area contributed by atoms with Crippen molar-refractivity contribution >= 4 is 5.97 Å². The van der Waals surface area contributed by atoms with E-state index in [-0.39, 0.29) is 12.1 Å². The van der Waals surface area contributed by atoms with Gasteiger partial charge in [0.1, 0.15) is 6.10 Å². The van der Waals surface area contributed by atoms with E-state index in [1.807, 2.05) is 51.0 Å². The van der Waals surface area contributed by atoms with Crippen LogP contribution >= 0.6 is 0 Å². The summed E-state index contributed by atoms with van der Waals surface area (Å²) in [6.45, 7) is 4.54. The number of carbonyl (C=O) groups is 1. The Labute approximate surface area is 97.0 Å². The highest BCUT2D eigenvalue weighted by Gasteiger charge is 2.13. The zero-order valence-electron chi connectivity index (χ0n) is 10.4. The topological polar surface area (TPSA) is 29.5 Å². The zero-order chi connectivity index (χ0) is 12.1. The molecule has 0 fully saturated rings. The van der Waals surface area contributed by atoms with Crippen molar-refractivity contribution in [1.29, 1.82) is 0 Å². The Hall–Kier alpha value is -1.35. The van der Waals surface area contributed by atoms with Gasteiger partial charge >= 0.3 is 5.97 Å². The molecule has 1 rings (SSSR count).